The Morgan fingerprint density at radius 2 is 2.50 bits per heavy atom. The quantitative estimate of drug-likeness (QED) is 0.789. The van der Waals surface area contributed by atoms with Crippen LogP contribution in [-0.4, -0.2) is 26.5 Å². The minimum absolute atomic E-state index is 0.0513. The summed E-state index contributed by atoms with van der Waals surface area (Å²) in [6, 6.07) is 0. The van der Waals surface area contributed by atoms with Gasteiger partial charge >= 0.3 is 5.97 Å². The van der Waals surface area contributed by atoms with Gasteiger partial charge in [-0.05, 0) is 0 Å². The molecule has 0 aromatic carbocycles. The van der Waals surface area contributed by atoms with Crippen molar-refractivity contribution in [3.05, 3.63) is 16.1 Å². The first kappa shape index (κ1) is 9.34. The zero-order valence-electron chi connectivity index (χ0n) is 6.31. The Kier molecular flexibility index (Phi) is 2.93. The molecule has 0 saturated heterocycles. The average Bonchev–Trinajstić information content (AvgIpc) is 2.34. The molecule has 0 amide bonds. The number of aromatic carboxylic acids is 1. The van der Waals surface area contributed by atoms with E-state index in [4.69, 9.17) is 5.11 Å². The molecule has 0 aliphatic heterocycles. The normalized spacial score (nSPS) is 12.8. The maximum atomic E-state index is 10.7. The van der Waals surface area contributed by atoms with Gasteiger partial charge in [-0.3, -0.25) is 4.21 Å². The van der Waals surface area contributed by atoms with Crippen LogP contribution >= 0.6 is 11.3 Å². The predicted octanol–water partition coefficient (Wildman–Crippen LogP) is 0.720. The Morgan fingerprint density at radius 3 is 2.92 bits per heavy atom. The number of carboxylic acid groups (broad SMARTS) is 1. The summed E-state index contributed by atoms with van der Waals surface area (Å²) in [5.74, 6) is -0.711. The lowest BCUT2D eigenvalue weighted by molar-refractivity contribution is 0.0696. The molecule has 6 heteroatoms. The van der Waals surface area contributed by atoms with E-state index in [0.29, 0.717) is 11.4 Å². The van der Waals surface area contributed by atoms with Crippen LogP contribution in [0.3, 0.4) is 0 Å². The fourth-order valence-electron chi connectivity index (χ4n) is 0.680. The van der Waals surface area contributed by atoms with Crippen molar-refractivity contribution in [3.63, 3.8) is 0 Å². The molecule has 1 rings (SSSR count). The smallest absolute Gasteiger partial charge is 0.365 e. The first-order valence-corrected chi connectivity index (χ1v) is 5.68. The van der Waals surface area contributed by atoms with E-state index < -0.39 is 16.8 Å². The number of hydrogen-bond donors (Lipinski definition) is 1. The Bertz CT molecular complexity index is 320. The zero-order valence-corrected chi connectivity index (χ0v) is 7.94. The van der Waals surface area contributed by atoms with Crippen LogP contribution in [0.25, 0.3) is 0 Å². The molecule has 1 heterocycles. The third-order valence-corrected chi connectivity index (χ3v) is 2.67. The van der Waals surface area contributed by atoms with Gasteiger partial charge in [0.2, 0.25) is 5.01 Å². The molecule has 0 aliphatic carbocycles. The molecule has 1 aromatic rings. The van der Waals surface area contributed by atoms with Crippen LogP contribution in [0.2, 0.25) is 0 Å². The van der Waals surface area contributed by atoms with Crippen LogP contribution in [0.4, 0.5) is 0 Å². The summed E-state index contributed by atoms with van der Waals surface area (Å²) in [6.45, 7) is 0. The fourth-order valence-corrected chi connectivity index (χ4v) is 2.00. The molecule has 0 bridgehead atoms. The van der Waals surface area contributed by atoms with Crippen molar-refractivity contribution in [3.8, 4) is 0 Å². The first-order chi connectivity index (χ1) is 5.59. The van der Waals surface area contributed by atoms with Gasteiger partial charge in [0.25, 0.3) is 0 Å². The van der Waals surface area contributed by atoms with E-state index in [1.54, 1.807) is 11.6 Å². The highest BCUT2D eigenvalue weighted by molar-refractivity contribution is 7.83. The average molecular weight is 205 g/mol. The van der Waals surface area contributed by atoms with Crippen molar-refractivity contribution < 1.29 is 14.1 Å². The van der Waals surface area contributed by atoms with E-state index >= 15 is 0 Å². The molecule has 0 radical (unpaired) electrons. The molecule has 1 atom stereocenters. The SMILES string of the molecule is CS(=O)Cc1csc(C(=O)O)n1. The number of nitrogens with zero attached hydrogens (tertiary/aromatic N) is 1. The van der Waals surface area contributed by atoms with Crippen LogP contribution in [-0.2, 0) is 16.6 Å². The third kappa shape index (κ3) is 2.38. The van der Waals surface area contributed by atoms with Gasteiger partial charge in [-0.25, -0.2) is 9.78 Å². The standard InChI is InChI=1S/C6H7NO3S2/c1-12(10)3-4-2-11-5(7-4)6(8)9/h2H,3H2,1H3,(H,8,9). The highest BCUT2D eigenvalue weighted by atomic mass is 32.2. The number of rotatable bonds is 3. The van der Waals surface area contributed by atoms with E-state index in [2.05, 4.69) is 4.98 Å². The summed E-state index contributed by atoms with van der Waals surface area (Å²) < 4.78 is 10.7. The molecule has 12 heavy (non-hydrogen) atoms. The molecule has 0 saturated carbocycles. The van der Waals surface area contributed by atoms with Crippen molar-refractivity contribution in [2.45, 2.75) is 5.75 Å². The summed E-state index contributed by atoms with van der Waals surface area (Å²) in [7, 11) is -0.965. The monoisotopic (exact) mass is 205 g/mol. The molecule has 0 spiro atoms. The zero-order chi connectivity index (χ0) is 9.14. The molecule has 0 fully saturated rings. The van der Waals surface area contributed by atoms with E-state index in [-0.39, 0.29) is 5.01 Å². The van der Waals surface area contributed by atoms with E-state index in [0.717, 1.165) is 11.3 Å². The second-order valence-electron chi connectivity index (χ2n) is 2.17. The van der Waals surface area contributed by atoms with Crippen molar-refractivity contribution in [1.82, 2.24) is 4.98 Å². The predicted molar refractivity (Wildman–Crippen MR) is 46.8 cm³/mol. The van der Waals surface area contributed by atoms with E-state index in [9.17, 15) is 9.00 Å². The minimum Gasteiger partial charge on any atom is -0.476 e. The van der Waals surface area contributed by atoms with Gasteiger partial charge in [0.05, 0.1) is 11.4 Å². The Hall–Kier alpha value is -0.750. The lowest BCUT2D eigenvalue weighted by atomic mass is 10.6. The number of hydrogen-bond acceptors (Lipinski definition) is 4. The van der Waals surface area contributed by atoms with Gasteiger partial charge in [0, 0.05) is 22.4 Å². The number of thiazole rings is 1. The van der Waals surface area contributed by atoms with Gasteiger partial charge in [-0.2, -0.15) is 0 Å². The maximum Gasteiger partial charge on any atom is 0.365 e. The molecule has 4 nitrogen and oxygen atoms in total. The Balaban J connectivity index is 2.77. The van der Waals surface area contributed by atoms with Gasteiger partial charge < -0.3 is 5.11 Å². The van der Waals surface area contributed by atoms with Gasteiger partial charge in [0.1, 0.15) is 0 Å². The lowest BCUT2D eigenvalue weighted by Crippen LogP contribution is -1.97. The molecule has 1 N–H and O–H groups in total. The van der Waals surface area contributed by atoms with Gasteiger partial charge in [-0.1, -0.05) is 0 Å². The molecule has 0 aliphatic rings. The molecule has 1 aromatic heterocycles. The van der Waals surface area contributed by atoms with E-state index in [1.807, 2.05) is 0 Å². The minimum atomic E-state index is -1.03. The summed E-state index contributed by atoms with van der Waals surface area (Å²) in [4.78, 5) is 14.1. The second kappa shape index (κ2) is 3.77. The van der Waals surface area contributed by atoms with Crippen LogP contribution in [0.15, 0.2) is 5.38 Å². The topological polar surface area (TPSA) is 67.3 Å². The molecular formula is C6H7NO3S2. The Labute approximate surface area is 75.7 Å². The second-order valence-corrected chi connectivity index (χ2v) is 4.46. The fraction of sp³-hybridized carbons (Fsp3) is 0.333. The highest BCUT2D eigenvalue weighted by Crippen LogP contribution is 2.10. The third-order valence-electron chi connectivity index (χ3n) is 1.09. The van der Waals surface area contributed by atoms with Crippen LogP contribution in [0.1, 0.15) is 15.5 Å². The van der Waals surface area contributed by atoms with Crippen molar-refractivity contribution in [2.75, 3.05) is 6.26 Å². The highest BCUT2D eigenvalue weighted by Gasteiger charge is 2.08. The summed E-state index contributed by atoms with van der Waals surface area (Å²) >= 11 is 1.05. The number of aromatic nitrogens is 1. The molecule has 66 valence electrons. The van der Waals surface area contributed by atoms with E-state index in [1.165, 1.54) is 0 Å². The largest absolute Gasteiger partial charge is 0.476 e. The summed E-state index contributed by atoms with van der Waals surface area (Å²) in [5, 5.41) is 10.2. The van der Waals surface area contributed by atoms with Crippen molar-refractivity contribution in [2.24, 2.45) is 0 Å². The van der Waals surface area contributed by atoms with Gasteiger partial charge in [-0.15, -0.1) is 11.3 Å². The molecule has 1 unspecified atom stereocenters. The summed E-state index contributed by atoms with van der Waals surface area (Å²) in [6.07, 6.45) is 1.56. The van der Waals surface area contributed by atoms with Crippen LogP contribution in [0.5, 0.6) is 0 Å². The number of carboxylic acids is 1. The van der Waals surface area contributed by atoms with Crippen LogP contribution < -0.4 is 0 Å². The summed E-state index contributed by atoms with van der Waals surface area (Å²) in [5.41, 5.74) is 0.582. The number of carbonyl (C=O) groups is 1. The van der Waals surface area contributed by atoms with Crippen molar-refractivity contribution in [1.29, 1.82) is 0 Å². The van der Waals surface area contributed by atoms with Gasteiger partial charge in [0.15, 0.2) is 0 Å². The lowest BCUT2D eigenvalue weighted by Gasteiger charge is -1.88. The first-order valence-electron chi connectivity index (χ1n) is 3.07. The van der Waals surface area contributed by atoms with Crippen molar-refractivity contribution >= 4 is 28.1 Å². The van der Waals surface area contributed by atoms with Crippen LogP contribution in [0, 0.1) is 0 Å². The maximum absolute atomic E-state index is 10.7. The molecular weight excluding hydrogens is 198 g/mol. The Morgan fingerprint density at radius 1 is 1.83 bits per heavy atom.